The predicted octanol–water partition coefficient (Wildman–Crippen LogP) is 8.42. The lowest BCUT2D eigenvalue weighted by molar-refractivity contribution is 0.0729. The molecule has 0 amide bonds. The molecule has 3 rings (SSSR count). The lowest BCUT2D eigenvalue weighted by atomic mass is 9.77. The van der Waals surface area contributed by atoms with Crippen molar-refractivity contribution in [2.24, 2.45) is 11.8 Å². The van der Waals surface area contributed by atoms with Crippen LogP contribution in [0.2, 0.25) is 0 Å². The van der Waals surface area contributed by atoms with Gasteiger partial charge in [0.2, 0.25) is 0 Å². The fourth-order valence-electron chi connectivity index (χ4n) is 4.80. The second kappa shape index (κ2) is 12.8. The van der Waals surface area contributed by atoms with Gasteiger partial charge in [-0.15, -0.1) is 0 Å². The quantitative estimate of drug-likeness (QED) is 0.191. The summed E-state index contributed by atoms with van der Waals surface area (Å²) < 4.78 is 45.8. The van der Waals surface area contributed by atoms with Crippen LogP contribution in [-0.2, 0) is 6.42 Å². The summed E-state index contributed by atoms with van der Waals surface area (Å²) in [7, 11) is 0. The number of halogens is 3. The van der Waals surface area contributed by atoms with Gasteiger partial charge in [0.1, 0.15) is 11.6 Å². The number of hydrogen-bond donors (Lipinski definition) is 0. The van der Waals surface area contributed by atoms with Gasteiger partial charge in [0.15, 0.2) is 11.6 Å². The third-order valence-electron chi connectivity index (χ3n) is 6.88. The van der Waals surface area contributed by atoms with E-state index in [1.165, 1.54) is 76.3 Å². The average molecular weight is 461 g/mol. The fraction of sp³-hybridized carbons (Fsp3) is 0.536. The summed E-state index contributed by atoms with van der Waals surface area (Å²) in [4.78, 5) is 12.2. The van der Waals surface area contributed by atoms with Crippen molar-refractivity contribution in [1.29, 1.82) is 0 Å². The number of unbranched alkanes of at least 4 members (excludes halogenated alkanes) is 4. The predicted molar refractivity (Wildman–Crippen MR) is 125 cm³/mol. The maximum Gasteiger partial charge on any atom is 0.346 e. The van der Waals surface area contributed by atoms with E-state index in [1.807, 2.05) is 0 Å². The Balaban J connectivity index is 1.42. The molecule has 2 aromatic rings. The van der Waals surface area contributed by atoms with E-state index in [0.717, 1.165) is 42.5 Å². The number of rotatable bonds is 11. The van der Waals surface area contributed by atoms with Crippen LogP contribution in [0.3, 0.4) is 0 Å². The molecule has 1 aliphatic carbocycles. The highest BCUT2D eigenvalue weighted by molar-refractivity contribution is 5.91. The molecule has 0 aliphatic heterocycles. The lowest BCUT2D eigenvalue weighted by Crippen LogP contribution is -2.15. The molecule has 5 heteroatoms. The molecule has 0 aromatic heterocycles. The second-order valence-electron chi connectivity index (χ2n) is 9.41. The Labute approximate surface area is 195 Å². The second-order valence-corrected chi connectivity index (χ2v) is 9.41. The zero-order valence-corrected chi connectivity index (χ0v) is 19.6. The number of aryl methyl sites for hydroxylation is 1. The minimum atomic E-state index is -1.13. The summed E-state index contributed by atoms with van der Waals surface area (Å²) in [6.07, 6.45) is 15.0. The number of benzene rings is 2. The van der Waals surface area contributed by atoms with Gasteiger partial charge in [0.05, 0.1) is 5.56 Å². The smallest absolute Gasteiger partial charge is 0.346 e. The number of esters is 1. The third-order valence-corrected chi connectivity index (χ3v) is 6.88. The van der Waals surface area contributed by atoms with Crippen LogP contribution in [0.5, 0.6) is 5.75 Å². The van der Waals surface area contributed by atoms with Gasteiger partial charge in [-0.25, -0.2) is 18.0 Å². The molecule has 1 saturated carbocycles. The van der Waals surface area contributed by atoms with Gasteiger partial charge >= 0.3 is 5.97 Å². The van der Waals surface area contributed by atoms with Gasteiger partial charge in [-0.05, 0) is 54.5 Å². The van der Waals surface area contributed by atoms with Gasteiger partial charge in [0, 0.05) is 6.07 Å². The molecule has 1 aliphatic rings. The first-order valence-electron chi connectivity index (χ1n) is 12.4. The molecule has 0 unspecified atom stereocenters. The van der Waals surface area contributed by atoms with Gasteiger partial charge in [-0.3, -0.25) is 0 Å². The molecule has 2 nitrogen and oxygen atoms in total. The largest absolute Gasteiger partial charge is 0.423 e. The Morgan fingerprint density at radius 2 is 1.52 bits per heavy atom. The number of hydrogen-bond acceptors (Lipinski definition) is 2. The van der Waals surface area contributed by atoms with E-state index in [1.54, 1.807) is 6.07 Å². The van der Waals surface area contributed by atoms with E-state index < -0.39 is 23.4 Å². The number of carbonyl (C=O) groups is 1. The summed E-state index contributed by atoms with van der Waals surface area (Å²) in [5.41, 5.74) is 0.637. The van der Waals surface area contributed by atoms with Crippen molar-refractivity contribution in [3.05, 3.63) is 65.0 Å². The van der Waals surface area contributed by atoms with Crippen LogP contribution in [0, 0.1) is 29.3 Å². The van der Waals surface area contributed by atoms with E-state index in [0.29, 0.717) is 5.92 Å². The molecule has 180 valence electrons. The molecule has 0 spiro atoms. The zero-order chi connectivity index (χ0) is 23.6. The number of ether oxygens (including phenoxy) is 1. The van der Waals surface area contributed by atoms with Gasteiger partial charge in [-0.2, -0.15) is 0 Å². The summed E-state index contributed by atoms with van der Waals surface area (Å²) in [6.45, 7) is 2.25. The molecule has 0 N–H and O–H groups in total. The molecular weight excluding hydrogens is 425 g/mol. The first-order valence-corrected chi connectivity index (χ1v) is 12.4. The SMILES string of the molecule is CCCCCCC[C@H]1CC[C@H](CCc2ccc(C(=O)Oc3ccc(F)c(F)c3)c(F)c2)CC1. The highest BCUT2D eigenvalue weighted by Crippen LogP contribution is 2.34. The number of carbonyl (C=O) groups excluding carboxylic acids is 1. The van der Waals surface area contributed by atoms with Crippen LogP contribution in [0.4, 0.5) is 13.2 Å². The minimum Gasteiger partial charge on any atom is -0.423 e. The van der Waals surface area contributed by atoms with Gasteiger partial charge < -0.3 is 4.74 Å². The molecule has 0 heterocycles. The van der Waals surface area contributed by atoms with Crippen LogP contribution in [0.1, 0.15) is 93.5 Å². The summed E-state index contributed by atoms with van der Waals surface area (Å²) in [5, 5.41) is 0. The van der Waals surface area contributed by atoms with Crippen molar-refractivity contribution in [3.63, 3.8) is 0 Å². The zero-order valence-electron chi connectivity index (χ0n) is 19.6. The molecule has 2 aromatic carbocycles. The van der Waals surface area contributed by atoms with E-state index in [4.69, 9.17) is 4.74 Å². The molecule has 0 atom stereocenters. The van der Waals surface area contributed by atoms with Crippen molar-refractivity contribution >= 4 is 5.97 Å². The summed E-state index contributed by atoms with van der Waals surface area (Å²) >= 11 is 0. The standard InChI is InChI=1S/C28H35F3O2/c1-2-3-4-5-6-7-20-8-10-21(11-9-20)12-13-22-14-16-24(26(30)18-22)28(32)33-23-15-17-25(29)27(31)19-23/h14-21H,2-13H2,1H3/t20-,21-. The van der Waals surface area contributed by atoms with E-state index in [2.05, 4.69) is 6.92 Å². The van der Waals surface area contributed by atoms with Crippen LogP contribution in [0.15, 0.2) is 36.4 Å². The first-order chi connectivity index (χ1) is 16.0. The van der Waals surface area contributed by atoms with E-state index in [9.17, 15) is 18.0 Å². The minimum absolute atomic E-state index is 0.168. The van der Waals surface area contributed by atoms with Gasteiger partial charge in [-0.1, -0.05) is 77.2 Å². The van der Waals surface area contributed by atoms with E-state index in [-0.39, 0.29) is 11.3 Å². The summed E-state index contributed by atoms with van der Waals surface area (Å²) in [5.74, 6) is -2.37. The normalized spacial score (nSPS) is 18.3. The maximum absolute atomic E-state index is 14.5. The fourth-order valence-corrected chi connectivity index (χ4v) is 4.80. The van der Waals surface area contributed by atoms with Crippen molar-refractivity contribution in [3.8, 4) is 5.75 Å². The molecular formula is C28H35F3O2. The summed E-state index contributed by atoms with van der Waals surface area (Å²) in [6, 6.07) is 7.28. The molecule has 0 bridgehead atoms. The van der Waals surface area contributed by atoms with Crippen LogP contribution in [0.25, 0.3) is 0 Å². The molecule has 0 radical (unpaired) electrons. The van der Waals surface area contributed by atoms with Crippen LogP contribution in [-0.4, -0.2) is 5.97 Å². The Morgan fingerprint density at radius 1 is 0.818 bits per heavy atom. The maximum atomic E-state index is 14.5. The van der Waals surface area contributed by atoms with Crippen LogP contribution >= 0.6 is 0 Å². The Hall–Kier alpha value is -2.30. The topological polar surface area (TPSA) is 26.3 Å². The molecule has 33 heavy (non-hydrogen) atoms. The van der Waals surface area contributed by atoms with Crippen LogP contribution < -0.4 is 4.74 Å². The molecule has 1 fully saturated rings. The van der Waals surface area contributed by atoms with Crippen molar-refractivity contribution in [2.75, 3.05) is 0 Å². The Bertz CT molecular complexity index is 904. The first kappa shape index (κ1) is 25.3. The Kier molecular flexibility index (Phi) is 9.83. The molecule has 0 saturated heterocycles. The highest BCUT2D eigenvalue weighted by atomic mass is 19.2. The van der Waals surface area contributed by atoms with Crippen molar-refractivity contribution in [2.45, 2.75) is 84.0 Å². The van der Waals surface area contributed by atoms with Crippen molar-refractivity contribution < 1.29 is 22.7 Å². The van der Waals surface area contributed by atoms with Crippen molar-refractivity contribution in [1.82, 2.24) is 0 Å². The van der Waals surface area contributed by atoms with Gasteiger partial charge in [0.25, 0.3) is 0 Å². The third kappa shape index (κ3) is 7.90. The van der Waals surface area contributed by atoms with E-state index >= 15 is 0 Å². The lowest BCUT2D eigenvalue weighted by Gasteiger charge is -2.28. The monoisotopic (exact) mass is 460 g/mol. The highest BCUT2D eigenvalue weighted by Gasteiger charge is 2.21. The Morgan fingerprint density at radius 3 is 2.18 bits per heavy atom. The average Bonchev–Trinajstić information content (AvgIpc) is 2.81.